The number of carbonyl (C=O) groups is 2. The molecule has 3 rings (SSSR count). The highest BCUT2D eigenvalue weighted by Gasteiger charge is 2.28. The molecule has 0 radical (unpaired) electrons. The molecule has 8 nitrogen and oxygen atoms in total. The zero-order valence-electron chi connectivity index (χ0n) is 15.8. The number of nitrogens with zero attached hydrogens (tertiary/aromatic N) is 2. The van der Waals surface area contributed by atoms with Gasteiger partial charge in [-0.3, -0.25) is 10.4 Å². The molecule has 1 aromatic heterocycles. The van der Waals surface area contributed by atoms with Crippen LogP contribution in [0.4, 0.5) is 15.4 Å². The molecular formula is C19H25N5O3. The molecule has 1 aliphatic rings. The number of rotatable bonds is 3. The molecule has 0 aliphatic carbocycles. The standard InChI is InChI=1S/C19H25N5O3/c1-19(2,3)27-18(26)24-10-9-14-15(12-24)22-23-16(14)21-17(25)20-11-13-7-5-4-6-8-13/h4-8H,9-12H2,1-3H3,(H3,20,21,22,23,25). The lowest BCUT2D eigenvalue weighted by Crippen LogP contribution is -2.40. The molecule has 3 N–H and O–H groups in total. The number of anilines is 1. The minimum atomic E-state index is -0.533. The Hall–Kier alpha value is -3.03. The Labute approximate surface area is 158 Å². The lowest BCUT2D eigenvalue weighted by Gasteiger charge is -2.29. The monoisotopic (exact) mass is 371 g/mol. The summed E-state index contributed by atoms with van der Waals surface area (Å²) in [6, 6.07) is 9.36. The zero-order valence-corrected chi connectivity index (χ0v) is 15.8. The van der Waals surface area contributed by atoms with E-state index in [0.29, 0.717) is 31.9 Å². The van der Waals surface area contributed by atoms with Crippen molar-refractivity contribution in [1.82, 2.24) is 20.4 Å². The Bertz CT molecular complexity index is 810. The van der Waals surface area contributed by atoms with Crippen LogP contribution in [-0.4, -0.2) is 39.4 Å². The van der Waals surface area contributed by atoms with E-state index in [0.717, 1.165) is 16.8 Å². The van der Waals surface area contributed by atoms with Gasteiger partial charge in [0.1, 0.15) is 5.60 Å². The van der Waals surface area contributed by atoms with Crippen LogP contribution in [0.1, 0.15) is 37.6 Å². The number of carbonyl (C=O) groups excluding carboxylic acids is 2. The van der Waals surface area contributed by atoms with Gasteiger partial charge in [-0.15, -0.1) is 0 Å². The smallest absolute Gasteiger partial charge is 0.410 e. The average Bonchev–Trinajstić information content (AvgIpc) is 3.01. The zero-order chi connectivity index (χ0) is 19.4. The first-order valence-electron chi connectivity index (χ1n) is 8.94. The van der Waals surface area contributed by atoms with Crippen LogP contribution in [-0.2, 0) is 24.2 Å². The van der Waals surface area contributed by atoms with Crippen molar-refractivity contribution in [1.29, 1.82) is 0 Å². The van der Waals surface area contributed by atoms with E-state index >= 15 is 0 Å². The van der Waals surface area contributed by atoms with Gasteiger partial charge in [-0.25, -0.2) is 9.59 Å². The van der Waals surface area contributed by atoms with Gasteiger partial charge in [0.2, 0.25) is 0 Å². The van der Waals surface area contributed by atoms with Crippen LogP contribution in [0.3, 0.4) is 0 Å². The first-order chi connectivity index (χ1) is 12.8. The number of nitrogens with one attached hydrogen (secondary N) is 3. The molecule has 0 bridgehead atoms. The van der Waals surface area contributed by atoms with E-state index in [9.17, 15) is 9.59 Å². The Morgan fingerprint density at radius 3 is 2.70 bits per heavy atom. The number of urea groups is 1. The van der Waals surface area contributed by atoms with Crippen LogP contribution in [0, 0.1) is 0 Å². The summed E-state index contributed by atoms with van der Waals surface area (Å²) >= 11 is 0. The molecule has 0 atom stereocenters. The second-order valence-electron chi connectivity index (χ2n) is 7.47. The van der Waals surface area contributed by atoms with Crippen molar-refractivity contribution in [3.05, 3.63) is 47.2 Å². The van der Waals surface area contributed by atoms with E-state index in [1.807, 2.05) is 51.1 Å². The van der Waals surface area contributed by atoms with E-state index in [4.69, 9.17) is 4.74 Å². The summed E-state index contributed by atoms with van der Waals surface area (Å²) in [6.07, 6.45) is 0.247. The topological polar surface area (TPSA) is 99.3 Å². The molecule has 0 spiro atoms. The number of aromatic amines is 1. The Morgan fingerprint density at radius 1 is 1.26 bits per heavy atom. The summed E-state index contributed by atoms with van der Waals surface area (Å²) in [5.41, 5.74) is 2.22. The molecule has 27 heavy (non-hydrogen) atoms. The largest absolute Gasteiger partial charge is 0.444 e. The van der Waals surface area contributed by atoms with Gasteiger partial charge >= 0.3 is 12.1 Å². The minimum Gasteiger partial charge on any atom is -0.444 e. The molecule has 0 saturated carbocycles. The summed E-state index contributed by atoms with van der Waals surface area (Å²) < 4.78 is 5.41. The molecule has 2 heterocycles. The van der Waals surface area contributed by atoms with Crippen molar-refractivity contribution in [3.8, 4) is 0 Å². The third-order valence-corrected chi connectivity index (χ3v) is 4.11. The van der Waals surface area contributed by atoms with Crippen LogP contribution in [0.5, 0.6) is 0 Å². The van der Waals surface area contributed by atoms with Crippen LogP contribution >= 0.6 is 0 Å². The molecule has 144 valence electrons. The Balaban J connectivity index is 1.56. The average molecular weight is 371 g/mol. The predicted octanol–water partition coefficient (Wildman–Crippen LogP) is 3.02. The van der Waals surface area contributed by atoms with Crippen molar-refractivity contribution in [3.63, 3.8) is 0 Å². The maximum Gasteiger partial charge on any atom is 0.410 e. The molecule has 0 saturated heterocycles. The Kier molecular flexibility index (Phi) is 5.34. The SMILES string of the molecule is CC(C)(C)OC(=O)N1CCc2c(NC(=O)NCc3ccccc3)n[nH]c2C1. The number of amides is 3. The normalized spacial score (nSPS) is 13.7. The number of benzene rings is 1. The number of aromatic nitrogens is 2. The number of hydrogen-bond donors (Lipinski definition) is 3. The van der Waals surface area contributed by atoms with E-state index in [1.54, 1.807) is 4.90 Å². The number of ether oxygens (including phenoxy) is 1. The highest BCUT2D eigenvalue weighted by Crippen LogP contribution is 2.24. The third kappa shape index (κ3) is 4.99. The number of hydrogen-bond acceptors (Lipinski definition) is 4. The highest BCUT2D eigenvalue weighted by molar-refractivity contribution is 5.89. The second kappa shape index (κ2) is 7.69. The van der Waals surface area contributed by atoms with Crippen LogP contribution in [0.25, 0.3) is 0 Å². The highest BCUT2D eigenvalue weighted by atomic mass is 16.6. The molecule has 0 unspecified atom stereocenters. The van der Waals surface area contributed by atoms with E-state index in [2.05, 4.69) is 20.8 Å². The van der Waals surface area contributed by atoms with Gasteiger partial charge in [-0.05, 0) is 32.8 Å². The lowest BCUT2D eigenvalue weighted by molar-refractivity contribution is 0.0221. The fourth-order valence-corrected chi connectivity index (χ4v) is 2.83. The van der Waals surface area contributed by atoms with E-state index < -0.39 is 5.60 Å². The first kappa shape index (κ1) is 18.8. The predicted molar refractivity (Wildman–Crippen MR) is 101 cm³/mol. The number of H-pyrrole nitrogens is 1. The van der Waals surface area contributed by atoms with Crippen LogP contribution in [0.15, 0.2) is 30.3 Å². The molecule has 1 aliphatic heterocycles. The summed E-state index contributed by atoms with van der Waals surface area (Å²) in [6.45, 7) is 6.85. The van der Waals surface area contributed by atoms with Gasteiger partial charge in [0.25, 0.3) is 0 Å². The summed E-state index contributed by atoms with van der Waals surface area (Å²) in [5.74, 6) is 0.499. The van der Waals surface area contributed by atoms with E-state index in [-0.39, 0.29) is 12.1 Å². The second-order valence-corrected chi connectivity index (χ2v) is 7.47. The molecule has 3 amide bonds. The molecular weight excluding hydrogens is 346 g/mol. The minimum absolute atomic E-state index is 0.317. The van der Waals surface area contributed by atoms with Crippen molar-refractivity contribution >= 4 is 17.9 Å². The van der Waals surface area contributed by atoms with Gasteiger partial charge < -0.3 is 15.0 Å². The van der Waals surface area contributed by atoms with Gasteiger partial charge in [0.05, 0.1) is 12.2 Å². The molecule has 8 heteroatoms. The van der Waals surface area contributed by atoms with Crippen molar-refractivity contribution in [2.45, 2.75) is 45.9 Å². The van der Waals surface area contributed by atoms with Gasteiger partial charge in [0, 0.05) is 18.7 Å². The summed E-state index contributed by atoms with van der Waals surface area (Å²) in [7, 11) is 0. The van der Waals surface area contributed by atoms with Crippen molar-refractivity contribution < 1.29 is 14.3 Å². The maximum atomic E-state index is 12.2. The van der Waals surface area contributed by atoms with E-state index in [1.165, 1.54) is 0 Å². The maximum absolute atomic E-state index is 12.2. The fraction of sp³-hybridized carbons (Fsp3) is 0.421. The quantitative estimate of drug-likeness (QED) is 0.772. The number of fused-ring (bicyclic) bond motifs is 1. The summed E-state index contributed by atoms with van der Waals surface area (Å²) in [4.78, 5) is 26.0. The van der Waals surface area contributed by atoms with Gasteiger partial charge in [0.15, 0.2) is 5.82 Å². The lowest BCUT2D eigenvalue weighted by atomic mass is 10.1. The van der Waals surface area contributed by atoms with Crippen LogP contribution in [0.2, 0.25) is 0 Å². The van der Waals surface area contributed by atoms with Gasteiger partial charge in [-0.2, -0.15) is 5.10 Å². The molecule has 1 aromatic carbocycles. The third-order valence-electron chi connectivity index (χ3n) is 4.11. The molecule has 0 fully saturated rings. The van der Waals surface area contributed by atoms with Crippen LogP contribution < -0.4 is 10.6 Å². The van der Waals surface area contributed by atoms with Crippen molar-refractivity contribution in [2.24, 2.45) is 0 Å². The Morgan fingerprint density at radius 2 is 2.00 bits per heavy atom. The summed E-state index contributed by atoms with van der Waals surface area (Å²) in [5, 5.41) is 12.7. The van der Waals surface area contributed by atoms with Gasteiger partial charge in [-0.1, -0.05) is 30.3 Å². The fourth-order valence-electron chi connectivity index (χ4n) is 2.83. The molecule has 2 aromatic rings. The first-order valence-corrected chi connectivity index (χ1v) is 8.94. The van der Waals surface area contributed by atoms with Crippen molar-refractivity contribution in [2.75, 3.05) is 11.9 Å².